The van der Waals surface area contributed by atoms with Crippen molar-refractivity contribution in [2.75, 3.05) is 27.7 Å². The van der Waals surface area contributed by atoms with Gasteiger partial charge in [-0.2, -0.15) is 0 Å². The number of hydrazine groups is 1. The number of esters is 1. The van der Waals surface area contributed by atoms with Gasteiger partial charge in [0.05, 0.1) is 35.9 Å². The molecular weight excluding hydrogens is 747 g/mol. The van der Waals surface area contributed by atoms with Crippen LogP contribution in [-0.4, -0.2) is 135 Å². The van der Waals surface area contributed by atoms with E-state index in [0.717, 1.165) is 11.3 Å². The summed E-state index contributed by atoms with van der Waals surface area (Å²) in [6, 6.07) is 2.36. The molecule has 1 unspecified atom stereocenters. The summed E-state index contributed by atoms with van der Waals surface area (Å²) < 4.78 is 33.5. The van der Waals surface area contributed by atoms with Crippen LogP contribution in [0.2, 0.25) is 0 Å². The fourth-order valence-electron chi connectivity index (χ4n) is 9.37. The minimum absolute atomic E-state index is 0.231. The number of methoxy groups -OCH3 is 1. The summed E-state index contributed by atoms with van der Waals surface area (Å²) in [7, 11) is 5.34. The average Bonchev–Trinajstić information content (AvgIpc) is 3.78. The fraction of sp³-hybridized carbons (Fsp3) is 0.738. The van der Waals surface area contributed by atoms with Gasteiger partial charge >= 0.3 is 12.1 Å². The van der Waals surface area contributed by atoms with Crippen LogP contribution in [0.15, 0.2) is 37.1 Å². The van der Waals surface area contributed by atoms with E-state index in [9.17, 15) is 19.5 Å². The summed E-state index contributed by atoms with van der Waals surface area (Å²) in [5, 5.41) is 13.0. The Bertz CT molecular complexity index is 1700. The molecule has 0 radical (unpaired) electrons. The first kappa shape index (κ1) is 45.6. The second-order valence-corrected chi connectivity index (χ2v) is 17.4. The number of amides is 1. The van der Waals surface area contributed by atoms with Gasteiger partial charge in [0, 0.05) is 62.4 Å². The van der Waals surface area contributed by atoms with E-state index in [0.29, 0.717) is 38.8 Å². The van der Waals surface area contributed by atoms with Crippen LogP contribution in [0.4, 0.5) is 4.79 Å². The maximum absolute atomic E-state index is 14.3. The molecule has 5 heterocycles. The first-order valence-corrected chi connectivity index (χ1v) is 20.7. The van der Waals surface area contributed by atoms with E-state index < -0.39 is 83.5 Å². The highest BCUT2D eigenvalue weighted by Crippen LogP contribution is 2.43. The molecule has 0 bridgehead atoms. The second kappa shape index (κ2) is 18.8. The number of carbonyl (C=O) groups excluding carboxylic acids is 3. The average molecular weight is 814 g/mol. The number of nitrogens with zero attached hydrogens (tertiary/aromatic N) is 5. The van der Waals surface area contributed by atoms with Gasteiger partial charge in [0.1, 0.15) is 18.1 Å². The minimum atomic E-state index is -1.32. The number of aromatic nitrogens is 3. The zero-order chi connectivity index (χ0) is 42.7. The molecule has 0 aliphatic carbocycles. The van der Waals surface area contributed by atoms with Crippen molar-refractivity contribution in [3.8, 4) is 11.3 Å². The van der Waals surface area contributed by atoms with Crippen molar-refractivity contribution < 1.29 is 43.2 Å². The molecule has 16 heteroatoms. The molecule has 324 valence electrons. The topological polar surface area (TPSA) is 193 Å². The fourth-order valence-corrected chi connectivity index (χ4v) is 9.37. The van der Waals surface area contributed by atoms with E-state index in [2.05, 4.69) is 15.4 Å². The van der Waals surface area contributed by atoms with E-state index >= 15 is 0 Å². The van der Waals surface area contributed by atoms with Gasteiger partial charge in [-0.1, -0.05) is 27.7 Å². The number of aliphatic hydroxyl groups is 1. The van der Waals surface area contributed by atoms with Crippen molar-refractivity contribution in [1.82, 2.24) is 29.9 Å². The van der Waals surface area contributed by atoms with E-state index in [1.807, 2.05) is 76.5 Å². The highest BCUT2D eigenvalue weighted by atomic mass is 16.7. The monoisotopic (exact) mass is 814 g/mol. The SMILES string of the molecule is CC[C@H]1OC(=O)[C@H](C)C(=O)[C@H](C)[C@@H](O[C@@H]2O[C@H](C)C[C@H](N(C)C)[C@H]2O)[C@@](C)(OC)C[C@@H](C)C(N)[C@H](C)[C@H]2N(NCCCn3cnc(-c4cccnc4)c3)C(=O)O[C@]12C. The summed E-state index contributed by atoms with van der Waals surface area (Å²) in [5.41, 5.74) is 9.79. The van der Waals surface area contributed by atoms with Crippen LogP contribution in [0.1, 0.15) is 81.1 Å². The molecule has 2 aromatic heterocycles. The number of pyridine rings is 1. The Morgan fingerprint density at radius 3 is 2.50 bits per heavy atom. The third-order valence-electron chi connectivity index (χ3n) is 12.9. The van der Waals surface area contributed by atoms with E-state index in [-0.39, 0.29) is 18.1 Å². The Kier molecular flexibility index (Phi) is 14.8. The molecule has 0 aromatic carbocycles. The lowest BCUT2D eigenvalue weighted by Crippen LogP contribution is -2.63. The second-order valence-electron chi connectivity index (χ2n) is 17.4. The third-order valence-corrected chi connectivity index (χ3v) is 12.9. The Hall–Kier alpha value is -3.51. The number of likely N-dealkylation sites (N-methyl/N-ethyl adjacent to an activating group) is 1. The van der Waals surface area contributed by atoms with Crippen LogP contribution in [0.5, 0.6) is 0 Å². The van der Waals surface area contributed by atoms with E-state index in [4.69, 9.17) is 29.4 Å². The van der Waals surface area contributed by atoms with Crippen molar-refractivity contribution in [3.05, 3.63) is 37.1 Å². The van der Waals surface area contributed by atoms with Crippen LogP contribution in [0, 0.1) is 23.7 Å². The summed E-state index contributed by atoms with van der Waals surface area (Å²) in [5.74, 6) is -3.90. The largest absolute Gasteiger partial charge is 0.458 e. The van der Waals surface area contributed by atoms with Crippen LogP contribution in [0.3, 0.4) is 0 Å². The molecule has 3 aliphatic heterocycles. The van der Waals surface area contributed by atoms with E-state index in [1.54, 1.807) is 39.7 Å². The Morgan fingerprint density at radius 1 is 1.14 bits per heavy atom. The molecule has 0 spiro atoms. The first-order chi connectivity index (χ1) is 27.4. The van der Waals surface area contributed by atoms with Crippen molar-refractivity contribution >= 4 is 17.8 Å². The summed E-state index contributed by atoms with van der Waals surface area (Å²) in [4.78, 5) is 52.8. The lowest BCUT2D eigenvalue weighted by molar-refractivity contribution is -0.295. The van der Waals surface area contributed by atoms with Crippen molar-refractivity contribution in [2.45, 2.75) is 148 Å². The van der Waals surface area contributed by atoms with E-state index in [1.165, 1.54) is 11.9 Å². The standard InChI is InChI=1S/C42H67N7O9/c1-12-32-42(8)36(49(40(53)58-42)46-17-14-18-48-22-30(45-23-48)29-15-13-16-44-21-29)26(4)33(43)24(2)20-41(7,54-11)37(27(5)34(50)28(6)38(52)56-32)57-39-35(51)31(47(9)10)19-25(3)55-39/h13,15-16,21-28,31-33,35-37,39,46,51H,12,14,17-20,43H2,1-11H3/t24-,25-,26+,27+,28-,31+,32-,33?,35-,36-,37-,39+,41+,42-/m1/s1. The maximum Gasteiger partial charge on any atom is 0.425 e. The van der Waals surface area contributed by atoms with Crippen LogP contribution in [0.25, 0.3) is 11.3 Å². The van der Waals surface area contributed by atoms with Crippen molar-refractivity contribution in [1.29, 1.82) is 0 Å². The van der Waals surface area contributed by atoms with Gasteiger partial charge in [0.2, 0.25) is 0 Å². The maximum atomic E-state index is 14.3. The van der Waals surface area contributed by atoms with Crippen LogP contribution >= 0.6 is 0 Å². The molecule has 0 saturated carbocycles. The molecule has 3 saturated heterocycles. The highest BCUT2D eigenvalue weighted by Gasteiger charge is 2.60. The third kappa shape index (κ3) is 9.43. The molecule has 3 aliphatic rings. The molecule has 14 atom stereocenters. The minimum Gasteiger partial charge on any atom is -0.458 e. The number of carbonyl (C=O) groups is 3. The molecular formula is C42H67N7O9. The van der Waals surface area contributed by atoms with Gasteiger partial charge in [-0.3, -0.25) is 14.6 Å². The van der Waals surface area contributed by atoms with Crippen molar-refractivity contribution in [2.24, 2.45) is 29.4 Å². The van der Waals surface area contributed by atoms with Crippen LogP contribution < -0.4 is 11.2 Å². The van der Waals surface area contributed by atoms with Gasteiger partial charge in [0.15, 0.2) is 17.7 Å². The molecule has 5 rings (SSSR count). The van der Waals surface area contributed by atoms with Gasteiger partial charge in [-0.25, -0.2) is 20.2 Å². The van der Waals surface area contributed by atoms with Gasteiger partial charge in [-0.05, 0) is 91.4 Å². The number of ether oxygens (including phenoxy) is 5. The Labute approximate surface area is 343 Å². The number of aliphatic hydroxyl groups excluding tert-OH is 1. The Morgan fingerprint density at radius 2 is 1.86 bits per heavy atom. The molecule has 3 fully saturated rings. The number of aryl methyl sites for hydroxylation is 1. The number of nitrogens with two attached hydrogens (primary N) is 1. The summed E-state index contributed by atoms with van der Waals surface area (Å²) >= 11 is 0. The number of ketones is 1. The van der Waals surface area contributed by atoms with Gasteiger partial charge in [0.25, 0.3) is 0 Å². The molecule has 16 nitrogen and oxygen atoms in total. The number of hydrogen-bond donors (Lipinski definition) is 3. The molecule has 4 N–H and O–H groups in total. The number of cyclic esters (lactones) is 1. The van der Waals surface area contributed by atoms with Crippen molar-refractivity contribution in [3.63, 3.8) is 0 Å². The number of fused-ring (bicyclic) bond motifs is 1. The highest BCUT2D eigenvalue weighted by molar-refractivity contribution is 6.00. The molecule has 2 aromatic rings. The lowest BCUT2D eigenvalue weighted by Gasteiger charge is -2.48. The predicted octanol–water partition coefficient (Wildman–Crippen LogP) is 3.80. The number of Topliss-reactive ketones (excluding diaryl/α,β-unsaturated/α-hetero) is 1. The van der Waals surface area contributed by atoms with Crippen LogP contribution in [-0.2, 0) is 39.8 Å². The number of nitrogens with one attached hydrogen (secondary N) is 1. The summed E-state index contributed by atoms with van der Waals surface area (Å²) in [6.07, 6.45) is 4.31. The first-order valence-electron chi connectivity index (χ1n) is 20.7. The molecule has 58 heavy (non-hydrogen) atoms. The number of imidazole rings is 1. The normalized spacial score (nSPS) is 38.0. The number of hydrogen-bond acceptors (Lipinski definition) is 14. The van der Waals surface area contributed by atoms with Gasteiger partial charge in [-0.15, -0.1) is 0 Å². The molecule has 1 amide bonds. The zero-order valence-electron chi connectivity index (χ0n) is 36.2. The van der Waals surface area contributed by atoms with Gasteiger partial charge < -0.3 is 44.0 Å². The zero-order valence-corrected chi connectivity index (χ0v) is 36.2. The summed E-state index contributed by atoms with van der Waals surface area (Å²) in [6.45, 7) is 15.7. The quantitative estimate of drug-likeness (QED) is 0.169. The smallest absolute Gasteiger partial charge is 0.425 e. The lowest BCUT2D eigenvalue weighted by atomic mass is 9.72. The number of rotatable bonds is 11. The Balaban J connectivity index is 1.43. The predicted molar refractivity (Wildman–Crippen MR) is 216 cm³/mol.